The number of amides is 1. The van der Waals surface area contributed by atoms with E-state index in [1.807, 2.05) is 4.90 Å². The van der Waals surface area contributed by atoms with Crippen LogP contribution in [-0.2, 0) is 0 Å². The Balaban J connectivity index is 1.97. The van der Waals surface area contributed by atoms with Crippen molar-refractivity contribution in [3.8, 4) is 17.2 Å². The molecule has 1 amide bonds. The van der Waals surface area contributed by atoms with Crippen LogP contribution in [0, 0.1) is 5.82 Å². The molecule has 0 bridgehead atoms. The van der Waals surface area contributed by atoms with Gasteiger partial charge < -0.3 is 14.4 Å². The molecular formula is C24H25FN2O4. The molecule has 0 saturated carbocycles. The summed E-state index contributed by atoms with van der Waals surface area (Å²) in [5.41, 5.74) is 0.560. The van der Waals surface area contributed by atoms with Gasteiger partial charge in [0.25, 0.3) is 11.5 Å². The minimum Gasteiger partial charge on any atom is -0.493 e. The second-order valence-electron chi connectivity index (χ2n) is 7.65. The van der Waals surface area contributed by atoms with Gasteiger partial charge in [-0.05, 0) is 49.2 Å². The number of rotatable bonds is 4. The number of hydrogen-bond acceptors (Lipinski definition) is 4. The zero-order chi connectivity index (χ0) is 22.0. The highest BCUT2D eigenvalue weighted by Gasteiger charge is 2.23. The van der Waals surface area contributed by atoms with Crippen LogP contribution in [0.4, 0.5) is 4.39 Å². The van der Waals surface area contributed by atoms with Crippen LogP contribution in [0.1, 0.15) is 36.0 Å². The molecule has 0 N–H and O–H groups in total. The first-order valence-electron chi connectivity index (χ1n) is 10.4. The molecule has 2 heterocycles. The smallest absolute Gasteiger partial charge is 0.263 e. The summed E-state index contributed by atoms with van der Waals surface area (Å²) in [6.45, 7) is 1.37. The van der Waals surface area contributed by atoms with Gasteiger partial charge in [-0.3, -0.25) is 14.2 Å². The molecule has 0 atom stereocenters. The molecule has 7 heteroatoms. The highest BCUT2D eigenvalue weighted by Crippen LogP contribution is 2.33. The number of fused-ring (bicyclic) bond motifs is 1. The number of aromatic nitrogens is 1. The van der Waals surface area contributed by atoms with Crippen molar-refractivity contribution < 1.29 is 18.7 Å². The van der Waals surface area contributed by atoms with E-state index in [2.05, 4.69) is 0 Å². The number of hydrogen-bond donors (Lipinski definition) is 0. The summed E-state index contributed by atoms with van der Waals surface area (Å²) in [5.74, 6) is 0.316. The minimum absolute atomic E-state index is 0.130. The standard InChI is InChI=1S/C24H25FN2O4/c1-30-21-13-18-19(14-22(21)31-2)24(29)27(17-9-7-16(25)8-10-17)15-20(18)23(28)26-11-5-3-4-6-12-26/h7-10,13-15H,3-6,11-12H2,1-2H3. The van der Waals surface area contributed by atoms with Gasteiger partial charge in [-0.2, -0.15) is 0 Å². The first kappa shape index (κ1) is 20.9. The maximum atomic E-state index is 13.5. The first-order valence-corrected chi connectivity index (χ1v) is 10.4. The molecule has 2 aromatic carbocycles. The first-order chi connectivity index (χ1) is 15.0. The van der Waals surface area contributed by atoms with Crippen molar-refractivity contribution in [3.63, 3.8) is 0 Å². The Labute approximate surface area is 179 Å². The van der Waals surface area contributed by atoms with Crippen LogP contribution in [-0.4, -0.2) is 42.7 Å². The van der Waals surface area contributed by atoms with Gasteiger partial charge in [0.2, 0.25) is 0 Å². The van der Waals surface area contributed by atoms with Crippen LogP contribution in [0.25, 0.3) is 16.5 Å². The third-order valence-electron chi connectivity index (χ3n) is 5.75. The Kier molecular flexibility index (Phi) is 5.93. The summed E-state index contributed by atoms with van der Waals surface area (Å²) in [5, 5.41) is 0.845. The van der Waals surface area contributed by atoms with Crippen molar-refractivity contribution in [2.75, 3.05) is 27.3 Å². The molecule has 1 aliphatic rings. The maximum absolute atomic E-state index is 13.5. The molecule has 0 radical (unpaired) electrons. The summed E-state index contributed by atoms with van der Waals surface area (Å²) in [7, 11) is 3.01. The molecule has 162 valence electrons. The van der Waals surface area contributed by atoms with Gasteiger partial charge in [0, 0.05) is 30.4 Å². The van der Waals surface area contributed by atoms with E-state index in [1.165, 1.54) is 43.1 Å². The summed E-state index contributed by atoms with van der Waals surface area (Å²) in [6.07, 6.45) is 5.67. The lowest BCUT2D eigenvalue weighted by Crippen LogP contribution is -2.33. The number of nitrogens with zero attached hydrogens (tertiary/aromatic N) is 2. The van der Waals surface area contributed by atoms with Crippen molar-refractivity contribution in [3.05, 3.63) is 64.3 Å². The zero-order valence-electron chi connectivity index (χ0n) is 17.7. The van der Waals surface area contributed by atoms with Crippen molar-refractivity contribution in [2.45, 2.75) is 25.7 Å². The van der Waals surface area contributed by atoms with Crippen LogP contribution in [0.2, 0.25) is 0 Å². The molecule has 0 spiro atoms. The van der Waals surface area contributed by atoms with Crippen LogP contribution < -0.4 is 15.0 Å². The topological polar surface area (TPSA) is 60.8 Å². The van der Waals surface area contributed by atoms with E-state index in [0.29, 0.717) is 46.6 Å². The van der Waals surface area contributed by atoms with E-state index in [1.54, 1.807) is 18.3 Å². The fraction of sp³-hybridized carbons (Fsp3) is 0.333. The molecule has 3 aromatic rings. The van der Waals surface area contributed by atoms with Crippen molar-refractivity contribution >= 4 is 16.7 Å². The Morgan fingerprint density at radius 1 is 0.903 bits per heavy atom. The molecule has 1 saturated heterocycles. The van der Waals surface area contributed by atoms with Crippen molar-refractivity contribution in [1.29, 1.82) is 0 Å². The van der Waals surface area contributed by atoms with E-state index in [4.69, 9.17) is 9.47 Å². The van der Waals surface area contributed by atoms with Gasteiger partial charge in [0.1, 0.15) is 5.82 Å². The molecule has 1 fully saturated rings. The van der Waals surface area contributed by atoms with Crippen molar-refractivity contribution in [1.82, 2.24) is 9.47 Å². The quantitative estimate of drug-likeness (QED) is 0.631. The largest absolute Gasteiger partial charge is 0.493 e. The summed E-state index contributed by atoms with van der Waals surface area (Å²) in [6, 6.07) is 8.88. The fourth-order valence-electron chi connectivity index (χ4n) is 4.07. The average molecular weight is 424 g/mol. The van der Waals surface area contributed by atoms with E-state index in [0.717, 1.165) is 25.7 Å². The van der Waals surface area contributed by atoms with E-state index in [9.17, 15) is 14.0 Å². The molecular weight excluding hydrogens is 399 g/mol. The van der Waals surface area contributed by atoms with Gasteiger partial charge >= 0.3 is 0 Å². The number of pyridine rings is 1. The number of methoxy groups -OCH3 is 2. The van der Waals surface area contributed by atoms with Crippen LogP contribution in [0.15, 0.2) is 47.4 Å². The average Bonchev–Trinajstić information content (AvgIpc) is 3.08. The number of halogens is 1. The summed E-state index contributed by atoms with van der Waals surface area (Å²) < 4.78 is 25.6. The third-order valence-corrected chi connectivity index (χ3v) is 5.75. The van der Waals surface area contributed by atoms with Gasteiger partial charge in [0.05, 0.1) is 25.2 Å². The van der Waals surface area contributed by atoms with E-state index < -0.39 is 5.82 Å². The normalized spacial score (nSPS) is 14.4. The SMILES string of the molecule is COc1cc2c(C(=O)N3CCCCCC3)cn(-c3ccc(F)cc3)c(=O)c2cc1OC. The fourth-order valence-corrected chi connectivity index (χ4v) is 4.07. The van der Waals surface area contributed by atoms with Gasteiger partial charge in [-0.1, -0.05) is 12.8 Å². The second-order valence-corrected chi connectivity index (χ2v) is 7.65. The Morgan fingerprint density at radius 2 is 1.48 bits per heavy atom. The van der Waals surface area contributed by atoms with E-state index in [-0.39, 0.29) is 11.5 Å². The molecule has 0 unspecified atom stereocenters. The molecule has 0 aliphatic carbocycles. The Bertz CT molecular complexity index is 1160. The molecule has 1 aromatic heterocycles. The van der Waals surface area contributed by atoms with E-state index >= 15 is 0 Å². The van der Waals surface area contributed by atoms with Crippen molar-refractivity contribution in [2.24, 2.45) is 0 Å². The lowest BCUT2D eigenvalue weighted by atomic mass is 10.0. The predicted molar refractivity (Wildman–Crippen MR) is 117 cm³/mol. The zero-order valence-corrected chi connectivity index (χ0v) is 17.7. The molecule has 6 nitrogen and oxygen atoms in total. The maximum Gasteiger partial charge on any atom is 0.263 e. The molecule has 31 heavy (non-hydrogen) atoms. The lowest BCUT2D eigenvalue weighted by molar-refractivity contribution is 0.0763. The highest BCUT2D eigenvalue weighted by atomic mass is 19.1. The number of carbonyl (C=O) groups excluding carboxylic acids is 1. The Morgan fingerprint density at radius 3 is 2.06 bits per heavy atom. The highest BCUT2D eigenvalue weighted by molar-refractivity contribution is 6.07. The number of likely N-dealkylation sites (tertiary alicyclic amines) is 1. The number of ether oxygens (including phenoxy) is 2. The predicted octanol–water partition coefficient (Wildman–Crippen LogP) is 4.16. The van der Waals surface area contributed by atoms with Crippen LogP contribution in [0.5, 0.6) is 11.5 Å². The van der Waals surface area contributed by atoms with Crippen LogP contribution >= 0.6 is 0 Å². The summed E-state index contributed by atoms with van der Waals surface area (Å²) >= 11 is 0. The van der Waals surface area contributed by atoms with Crippen LogP contribution in [0.3, 0.4) is 0 Å². The Hall–Kier alpha value is -3.35. The third kappa shape index (κ3) is 4.00. The monoisotopic (exact) mass is 424 g/mol. The number of carbonyl (C=O) groups is 1. The van der Waals surface area contributed by atoms with Gasteiger partial charge in [-0.25, -0.2) is 4.39 Å². The number of benzene rings is 2. The second kappa shape index (κ2) is 8.79. The lowest BCUT2D eigenvalue weighted by Gasteiger charge is -2.22. The molecule has 4 rings (SSSR count). The molecule has 1 aliphatic heterocycles. The van der Waals surface area contributed by atoms with Gasteiger partial charge in [0.15, 0.2) is 11.5 Å². The summed E-state index contributed by atoms with van der Waals surface area (Å²) in [4.78, 5) is 28.7. The van der Waals surface area contributed by atoms with Gasteiger partial charge in [-0.15, -0.1) is 0 Å². The minimum atomic E-state index is -0.398.